The Labute approximate surface area is 571 Å². The minimum atomic E-state index is -3.22. The molecule has 0 unspecified atom stereocenters. The minimum absolute atomic E-state index is 0.0443. The van der Waals surface area contributed by atoms with Crippen molar-refractivity contribution >= 4 is 205 Å². The number of rotatable bonds is 9. The molecule has 10 aromatic rings. The van der Waals surface area contributed by atoms with Gasteiger partial charge in [-0.3, -0.25) is 40.0 Å². The van der Waals surface area contributed by atoms with Gasteiger partial charge in [0.25, 0.3) is 5.56 Å². The summed E-state index contributed by atoms with van der Waals surface area (Å²) in [6.45, 7) is 14.7. The van der Waals surface area contributed by atoms with Crippen LogP contribution in [0.15, 0.2) is 86.0 Å². The number of aromatic nitrogens is 20. The van der Waals surface area contributed by atoms with Gasteiger partial charge in [-0.2, -0.15) is 30.9 Å². The van der Waals surface area contributed by atoms with Crippen LogP contribution in [-0.4, -0.2) is 162 Å². The third kappa shape index (κ3) is 29.0. The van der Waals surface area contributed by atoms with Crippen LogP contribution in [0.5, 0.6) is 0 Å². The standard InChI is InChI=1S/C8H11NO3.C7H8N4S.C6H4ClN3S.C6H5IN4S.C6H7N5S.C6H6N4.C6H5N3OS.C2H6N2S.Cl3OP/c1-4-11-6-7(9-3)8(10)12-5-2;1-4-5-3-8-7(12-2)9-6(5)11-10-4;1-11-6-9-3-4(2-8)5(7)10-6;2*1-12-6-8-2-3-4(7)10-11-5(3)9-6;1-4-5-2-7-3-8-6(5)10-9-4;1-11-6-8-3-4(2-7)5(10)9-6;1-5-2(3)4;1-5(2,3)4/h6H,4-5H2,1-2H3;3H,1-2H3,(H,8,9,10,11);3H,1H3;2H,1H3,(H,8,9,10,11);2H,1H3,(H3,7,8,9,10,11);2-3H,1H3,(H,7,8,9,10);3H,1H3,(H,8,9,10);1H3,(H3,3,4);/b7-6+;;;;;;;;. The average molecular weight is 1550 g/mol. The molecule has 0 aliphatic heterocycles. The average Bonchev–Trinajstić information content (AvgIpc) is 2.36. The fourth-order valence-corrected chi connectivity index (χ4v) is 7.63. The van der Waals surface area contributed by atoms with Gasteiger partial charge in [0.1, 0.15) is 39.1 Å². The van der Waals surface area contributed by atoms with E-state index in [0.29, 0.717) is 39.1 Å². The molecule has 0 fully saturated rings. The Kier molecular flexibility index (Phi) is 37.8. The molecule has 0 bridgehead atoms. The third-order valence-corrected chi connectivity index (χ3v) is 13.7. The number of H-pyrrole nitrogens is 5. The number of amidine groups is 1. The van der Waals surface area contributed by atoms with E-state index in [1.54, 1.807) is 57.2 Å². The number of nitrogens with one attached hydrogen (secondary N) is 6. The number of aromatic amines is 5. The highest BCUT2D eigenvalue weighted by Crippen LogP contribution is 2.61. The summed E-state index contributed by atoms with van der Waals surface area (Å²) in [6, 6.07) is 3.61. The number of hydrogen-bond donors (Lipinski definition) is 8. The maximum Gasteiger partial charge on any atom is 0.339 e. The molecule has 0 aliphatic carbocycles. The van der Waals surface area contributed by atoms with E-state index in [1.807, 2.05) is 44.9 Å². The molecular weight excluding hydrogens is 1500 g/mol. The highest BCUT2D eigenvalue weighted by atomic mass is 127. The lowest BCUT2D eigenvalue weighted by atomic mass is 10.3. The molecule has 90 heavy (non-hydrogen) atoms. The van der Waals surface area contributed by atoms with E-state index in [-0.39, 0.29) is 33.7 Å². The van der Waals surface area contributed by atoms with E-state index in [4.69, 9.17) is 50.3 Å². The van der Waals surface area contributed by atoms with Crippen LogP contribution >= 0.6 is 144 Å². The zero-order chi connectivity index (χ0) is 67.3. The number of nitriles is 2. The van der Waals surface area contributed by atoms with Gasteiger partial charge in [-0.1, -0.05) is 82.2 Å². The number of fused-ring (bicyclic) bond motifs is 4. The molecule has 0 saturated carbocycles. The van der Waals surface area contributed by atoms with Gasteiger partial charge in [0.05, 0.1) is 60.0 Å². The molecule has 0 aromatic carbocycles. The number of hydrogen-bond acceptors (Lipinski definition) is 30. The first kappa shape index (κ1) is 79.2. The maximum absolute atomic E-state index is 10.9. The summed E-state index contributed by atoms with van der Waals surface area (Å²) in [7, 11) is 0. The molecule has 476 valence electrons. The number of aryl methyl sites for hydroxylation is 2. The molecule has 0 spiro atoms. The Morgan fingerprint density at radius 3 is 1.63 bits per heavy atom. The van der Waals surface area contributed by atoms with Gasteiger partial charge in [-0.05, 0) is 122 Å². The smallest absolute Gasteiger partial charge is 0.339 e. The summed E-state index contributed by atoms with van der Waals surface area (Å²) >= 11 is 30.1. The number of nitrogens with two attached hydrogens (primary N) is 2. The lowest BCUT2D eigenvalue weighted by molar-refractivity contribution is -0.138. The van der Waals surface area contributed by atoms with Crippen molar-refractivity contribution in [2.45, 2.75) is 53.5 Å². The van der Waals surface area contributed by atoms with E-state index in [2.05, 4.69) is 166 Å². The molecule has 10 aromatic heterocycles. The van der Waals surface area contributed by atoms with Crippen molar-refractivity contribution in [1.29, 1.82) is 15.9 Å². The maximum atomic E-state index is 10.9. The van der Waals surface area contributed by atoms with Crippen LogP contribution in [0.2, 0.25) is 5.15 Å². The monoisotopic (exact) mass is 1550 g/mol. The van der Waals surface area contributed by atoms with E-state index >= 15 is 0 Å². The number of nitrogens with zero attached hydrogens (tertiary/aromatic N) is 18. The molecule has 0 radical (unpaired) electrons. The molecule has 10 heterocycles. The summed E-state index contributed by atoms with van der Waals surface area (Å²) in [4.78, 5) is 71.5. The predicted molar refractivity (Wildman–Crippen MR) is 367 cm³/mol. The van der Waals surface area contributed by atoms with Crippen molar-refractivity contribution < 1.29 is 18.8 Å². The number of thioether (sulfide) groups is 6. The largest absolute Gasteiger partial charge is 0.512 e. The van der Waals surface area contributed by atoms with Crippen LogP contribution in [-0.2, 0) is 18.8 Å². The summed E-state index contributed by atoms with van der Waals surface area (Å²) in [5.74, 6) is -0.126. The highest BCUT2D eigenvalue weighted by Gasteiger charge is 2.11. The van der Waals surface area contributed by atoms with E-state index in [1.165, 1.54) is 89.3 Å². The zero-order valence-corrected chi connectivity index (χ0v) is 59.5. The molecule has 0 aliphatic rings. The van der Waals surface area contributed by atoms with Crippen LogP contribution in [0, 0.1) is 52.2 Å². The van der Waals surface area contributed by atoms with Crippen LogP contribution in [0.3, 0.4) is 0 Å². The number of halogens is 5. The number of ether oxygens (including phenoxy) is 2. The number of esters is 1. The van der Waals surface area contributed by atoms with Crippen molar-refractivity contribution in [2.75, 3.05) is 56.5 Å². The van der Waals surface area contributed by atoms with Crippen molar-refractivity contribution in [2.24, 2.45) is 5.73 Å². The third-order valence-electron chi connectivity index (χ3n) is 9.31. The van der Waals surface area contributed by atoms with Crippen molar-refractivity contribution in [1.82, 2.24) is 101 Å². The molecule has 10 rings (SSSR count). The van der Waals surface area contributed by atoms with Crippen LogP contribution in [0.1, 0.15) is 36.4 Å². The van der Waals surface area contributed by atoms with Crippen molar-refractivity contribution in [3.05, 3.63) is 109 Å². The Hall–Kier alpha value is -6.87. The van der Waals surface area contributed by atoms with E-state index < -0.39 is 11.2 Å². The molecule has 0 atom stereocenters. The number of nitrogen functional groups attached to an aromatic ring is 1. The number of carbonyl (C=O) groups excluding carboxylic acids is 1. The van der Waals surface area contributed by atoms with Crippen molar-refractivity contribution in [3.63, 3.8) is 0 Å². The van der Waals surface area contributed by atoms with E-state index in [0.717, 1.165) is 70.1 Å². The SMILES string of the molecule is CSC(=N)N.CSc1ncc(C#N)c(=O)[nH]1.CSc1ncc(C#N)c(Cl)n1.CSc1ncc2c(C)[nH]nc2n1.CSc1ncc2c(I)[nH]nc2n1.CSc1ncc2c(N)[nH]nc2n1.Cc1[nH]nc2ncncc12.O=P(Cl)(Cl)Cl.[C-]#[N+]/C(=C/OCC)C(=O)OCC. The Balaban J connectivity index is 0.000000349. The van der Waals surface area contributed by atoms with Gasteiger partial charge in [-0.15, -0.1) is 0 Å². The van der Waals surface area contributed by atoms with Crippen LogP contribution in [0.25, 0.3) is 49.0 Å². The Morgan fingerprint density at radius 2 is 1.17 bits per heavy atom. The van der Waals surface area contributed by atoms with Gasteiger partial charge in [0.2, 0.25) is 0 Å². The molecule has 31 nitrogen and oxygen atoms in total. The fourth-order valence-electron chi connectivity index (χ4n) is 5.21. The highest BCUT2D eigenvalue weighted by molar-refractivity contribution is 14.1. The van der Waals surface area contributed by atoms with Crippen LogP contribution < -0.4 is 17.0 Å². The Morgan fingerprint density at radius 1 is 0.711 bits per heavy atom. The summed E-state index contributed by atoms with van der Waals surface area (Å²) in [5, 5.41) is 54.6. The van der Waals surface area contributed by atoms with E-state index in [9.17, 15) is 14.2 Å². The quantitative estimate of drug-likeness (QED) is 0.00569. The second-order valence-electron chi connectivity index (χ2n) is 15.1. The molecule has 0 saturated heterocycles. The summed E-state index contributed by atoms with van der Waals surface area (Å²) in [6.07, 6.45) is 23.5. The fraction of sp³-hybridized carbons (Fsp3) is 0.255. The van der Waals surface area contributed by atoms with Crippen molar-refractivity contribution in [3.8, 4) is 12.1 Å². The summed E-state index contributed by atoms with van der Waals surface area (Å²) < 4.78 is 19.9. The van der Waals surface area contributed by atoms with Gasteiger partial charge >= 0.3 is 16.9 Å². The lowest BCUT2D eigenvalue weighted by Crippen LogP contribution is -2.11. The molecule has 10 N–H and O–H groups in total. The molecular formula is C47H52Cl4IN26O5PS6. The predicted octanol–water partition coefficient (Wildman–Crippen LogP) is 10.9. The van der Waals surface area contributed by atoms with Gasteiger partial charge in [-0.25, -0.2) is 59.7 Å². The normalized spacial score (nSPS) is 10.2. The molecule has 0 amide bonds. The van der Waals surface area contributed by atoms with Gasteiger partial charge in [0, 0.05) is 36.2 Å². The first-order chi connectivity index (χ1) is 42.9. The first-order valence-electron chi connectivity index (χ1n) is 24.1. The second kappa shape index (κ2) is 43.0. The number of anilines is 1. The minimum Gasteiger partial charge on any atom is -0.512 e. The van der Waals surface area contributed by atoms with Gasteiger partial charge in [0.15, 0.2) is 58.7 Å². The van der Waals surface area contributed by atoms with Crippen LogP contribution in [0.4, 0.5) is 5.82 Å². The molecule has 43 heteroatoms. The van der Waals surface area contributed by atoms with Gasteiger partial charge < -0.3 is 25.9 Å². The Bertz CT molecular complexity index is 4000. The topological polar surface area (TPSA) is 470 Å². The lowest BCUT2D eigenvalue weighted by Gasteiger charge is -1.99. The number of carbonyl (C=O) groups is 1. The second-order valence-corrected chi connectivity index (χ2v) is 27.9. The zero-order valence-electron chi connectivity index (χ0n) is 48.6. The first-order valence-corrected chi connectivity index (χ1v) is 37.3. The summed E-state index contributed by atoms with van der Waals surface area (Å²) in [5.41, 5.74) is 15.1.